The molecule has 0 aromatic heterocycles. The van der Waals surface area contributed by atoms with Crippen LogP contribution in [0, 0.1) is 5.92 Å². The molecule has 0 radical (unpaired) electrons. The number of amides is 3. The molecule has 2 rings (SSSR count). The molecule has 1 N–H and O–H groups in total. The van der Waals surface area contributed by atoms with Crippen molar-refractivity contribution in [2.45, 2.75) is 59.1 Å². The van der Waals surface area contributed by atoms with Crippen molar-refractivity contribution >= 4 is 23.4 Å². The highest BCUT2D eigenvalue weighted by atomic mass is 16.5. The van der Waals surface area contributed by atoms with Crippen molar-refractivity contribution in [3.8, 4) is 5.75 Å². The summed E-state index contributed by atoms with van der Waals surface area (Å²) in [5.41, 5.74) is 0.914. The van der Waals surface area contributed by atoms with E-state index >= 15 is 0 Å². The maximum atomic E-state index is 13.3. The van der Waals surface area contributed by atoms with Crippen molar-refractivity contribution < 1.29 is 23.9 Å². The maximum absolute atomic E-state index is 13.3. The lowest BCUT2D eigenvalue weighted by Crippen LogP contribution is -2.48. The standard InChI is InChI=1S/C24H37N3O5/c1-7-9-22(28)25-18-10-11-20-19(12-18)24(30)26(5)14-21(31-6)16(3)13-27(23(29)8-2)17(4)15-32-20/h10-12,16-17,21H,7-9,13-15H2,1-6H3,(H,25,28)/t16-,17-,21-/m0/s1. The highest BCUT2D eigenvalue weighted by molar-refractivity contribution is 5.99. The zero-order valence-corrected chi connectivity index (χ0v) is 20.1. The number of likely N-dealkylation sites (N-methyl/N-ethyl adjacent to an activating group) is 1. The molecule has 1 aromatic rings. The molecule has 1 aliphatic heterocycles. The minimum Gasteiger partial charge on any atom is -0.491 e. The van der Waals surface area contributed by atoms with E-state index in [2.05, 4.69) is 5.32 Å². The van der Waals surface area contributed by atoms with Crippen LogP contribution in [0.15, 0.2) is 18.2 Å². The van der Waals surface area contributed by atoms with Gasteiger partial charge in [0.05, 0.1) is 17.7 Å². The lowest BCUT2D eigenvalue weighted by Gasteiger charge is -2.36. The number of nitrogens with one attached hydrogen (secondary N) is 1. The summed E-state index contributed by atoms with van der Waals surface area (Å²) in [5, 5.41) is 2.84. The van der Waals surface area contributed by atoms with Gasteiger partial charge in [-0.1, -0.05) is 20.8 Å². The van der Waals surface area contributed by atoms with Crippen LogP contribution < -0.4 is 10.1 Å². The summed E-state index contributed by atoms with van der Waals surface area (Å²) in [4.78, 5) is 41.4. The van der Waals surface area contributed by atoms with Crippen molar-refractivity contribution in [2.75, 3.05) is 39.2 Å². The first kappa shape index (κ1) is 25.6. The fraction of sp³-hybridized carbons (Fsp3) is 0.625. The predicted octanol–water partition coefficient (Wildman–Crippen LogP) is 3.17. The van der Waals surface area contributed by atoms with E-state index in [4.69, 9.17) is 9.47 Å². The van der Waals surface area contributed by atoms with Crippen molar-refractivity contribution in [3.05, 3.63) is 23.8 Å². The van der Waals surface area contributed by atoms with Crippen LogP contribution in [0.4, 0.5) is 5.69 Å². The van der Waals surface area contributed by atoms with E-state index in [-0.39, 0.29) is 42.4 Å². The van der Waals surface area contributed by atoms with Gasteiger partial charge in [0.15, 0.2) is 0 Å². The second-order valence-electron chi connectivity index (χ2n) is 8.51. The Morgan fingerprint density at radius 3 is 2.56 bits per heavy atom. The van der Waals surface area contributed by atoms with Gasteiger partial charge in [0.2, 0.25) is 11.8 Å². The van der Waals surface area contributed by atoms with Gasteiger partial charge >= 0.3 is 0 Å². The second-order valence-corrected chi connectivity index (χ2v) is 8.51. The maximum Gasteiger partial charge on any atom is 0.257 e. The van der Waals surface area contributed by atoms with Crippen LogP contribution in [0.25, 0.3) is 0 Å². The Balaban J connectivity index is 2.43. The third-order valence-electron chi connectivity index (χ3n) is 5.83. The fourth-order valence-electron chi connectivity index (χ4n) is 3.86. The van der Waals surface area contributed by atoms with Gasteiger partial charge in [0.25, 0.3) is 5.91 Å². The monoisotopic (exact) mass is 447 g/mol. The number of benzene rings is 1. The summed E-state index contributed by atoms with van der Waals surface area (Å²) >= 11 is 0. The number of hydrogen-bond acceptors (Lipinski definition) is 5. The Kier molecular flexibility index (Phi) is 9.50. The fourth-order valence-corrected chi connectivity index (χ4v) is 3.86. The Bertz CT molecular complexity index is 813. The van der Waals surface area contributed by atoms with E-state index in [0.29, 0.717) is 42.9 Å². The van der Waals surface area contributed by atoms with E-state index < -0.39 is 0 Å². The van der Waals surface area contributed by atoms with Gasteiger partial charge < -0.3 is 24.6 Å². The molecule has 1 aromatic carbocycles. The summed E-state index contributed by atoms with van der Waals surface area (Å²) < 4.78 is 11.7. The smallest absolute Gasteiger partial charge is 0.257 e. The normalized spacial score (nSPS) is 22.3. The highest BCUT2D eigenvalue weighted by Gasteiger charge is 2.29. The third kappa shape index (κ3) is 6.45. The average Bonchev–Trinajstić information content (AvgIpc) is 2.77. The van der Waals surface area contributed by atoms with Gasteiger partial charge in [-0.2, -0.15) is 0 Å². The van der Waals surface area contributed by atoms with Crippen molar-refractivity contribution in [1.82, 2.24) is 9.80 Å². The van der Waals surface area contributed by atoms with Crippen LogP contribution in [-0.4, -0.2) is 73.5 Å². The van der Waals surface area contributed by atoms with Crippen molar-refractivity contribution in [2.24, 2.45) is 5.92 Å². The van der Waals surface area contributed by atoms with E-state index in [1.165, 1.54) is 0 Å². The molecule has 8 heteroatoms. The number of fused-ring (bicyclic) bond motifs is 1. The Hall–Kier alpha value is -2.61. The molecule has 1 heterocycles. The molecule has 0 unspecified atom stereocenters. The molecule has 0 saturated carbocycles. The molecule has 178 valence electrons. The summed E-state index contributed by atoms with van der Waals surface area (Å²) in [5.74, 6) is 0.187. The van der Waals surface area contributed by atoms with Crippen LogP contribution >= 0.6 is 0 Å². The van der Waals surface area contributed by atoms with Gasteiger partial charge in [-0.15, -0.1) is 0 Å². The first-order valence-electron chi connectivity index (χ1n) is 11.4. The van der Waals surface area contributed by atoms with Gasteiger partial charge in [-0.05, 0) is 31.5 Å². The third-order valence-corrected chi connectivity index (χ3v) is 5.83. The van der Waals surface area contributed by atoms with Gasteiger partial charge in [0.1, 0.15) is 12.4 Å². The SMILES string of the molecule is CCCC(=O)Nc1ccc2c(c1)C(=O)N(C)C[C@H](OC)[C@@H](C)CN(C(=O)CC)[C@@H](C)CO2. The van der Waals surface area contributed by atoms with Gasteiger partial charge in [-0.25, -0.2) is 0 Å². The average molecular weight is 448 g/mol. The Morgan fingerprint density at radius 1 is 1.22 bits per heavy atom. The second kappa shape index (κ2) is 11.9. The molecule has 3 amide bonds. The first-order valence-corrected chi connectivity index (χ1v) is 11.4. The van der Waals surface area contributed by atoms with Gasteiger partial charge in [-0.3, -0.25) is 14.4 Å². The summed E-state index contributed by atoms with van der Waals surface area (Å²) in [6.45, 7) is 8.89. The lowest BCUT2D eigenvalue weighted by atomic mass is 10.0. The van der Waals surface area contributed by atoms with Gasteiger partial charge in [0, 0.05) is 51.7 Å². The molecule has 0 aliphatic carbocycles. The Labute approximate surface area is 191 Å². The van der Waals surface area contributed by atoms with Crippen LogP contribution in [0.5, 0.6) is 5.75 Å². The molecule has 3 atom stereocenters. The van der Waals surface area contributed by atoms with Crippen LogP contribution in [0.2, 0.25) is 0 Å². The van der Waals surface area contributed by atoms with Crippen LogP contribution in [-0.2, 0) is 14.3 Å². The molecule has 0 spiro atoms. The molecule has 0 bridgehead atoms. The lowest BCUT2D eigenvalue weighted by molar-refractivity contribution is -0.135. The van der Waals surface area contributed by atoms with E-state index in [0.717, 1.165) is 6.42 Å². The largest absolute Gasteiger partial charge is 0.491 e. The summed E-state index contributed by atoms with van der Waals surface area (Å²) in [6.07, 6.45) is 1.32. The molecule has 0 fully saturated rings. The first-order chi connectivity index (χ1) is 15.2. The quantitative estimate of drug-likeness (QED) is 0.749. The molecular formula is C24H37N3O5. The van der Waals surface area contributed by atoms with E-state index in [1.54, 1.807) is 37.3 Å². The molecule has 32 heavy (non-hydrogen) atoms. The number of rotatable bonds is 5. The number of anilines is 1. The Morgan fingerprint density at radius 2 is 1.94 bits per heavy atom. The zero-order valence-electron chi connectivity index (χ0n) is 20.1. The van der Waals surface area contributed by atoms with E-state index in [1.807, 2.05) is 32.6 Å². The molecule has 1 aliphatic rings. The number of methoxy groups -OCH3 is 1. The number of carbonyl (C=O) groups is 3. The summed E-state index contributed by atoms with van der Waals surface area (Å²) in [7, 11) is 3.34. The number of hydrogen-bond donors (Lipinski definition) is 1. The minimum atomic E-state index is -0.237. The number of ether oxygens (including phenoxy) is 2. The highest BCUT2D eigenvalue weighted by Crippen LogP contribution is 2.26. The molecule has 0 saturated heterocycles. The molecular weight excluding hydrogens is 410 g/mol. The molecule has 8 nitrogen and oxygen atoms in total. The van der Waals surface area contributed by atoms with E-state index in [9.17, 15) is 14.4 Å². The van der Waals surface area contributed by atoms with Crippen molar-refractivity contribution in [3.63, 3.8) is 0 Å². The van der Waals surface area contributed by atoms with Crippen molar-refractivity contribution in [1.29, 1.82) is 0 Å². The number of nitrogens with zero attached hydrogens (tertiary/aromatic N) is 2. The minimum absolute atomic E-state index is 0.0202. The predicted molar refractivity (Wildman–Crippen MR) is 124 cm³/mol. The van der Waals surface area contributed by atoms with Crippen LogP contribution in [0.3, 0.4) is 0 Å². The zero-order chi connectivity index (χ0) is 23.8. The topological polar surface area (TPSA) is 88.2 Å². The number of carbonyl (C=O) groups excluding carboxylic acids is 3. The van der Waals surface area contributed by atoms with Crippen LogP contribution in [0.1, 0.15) is 57.3 Å². The summed E-state index contributed by atoms with van der Waals surface area (Å²) in [6, 6.07) is 4.90.